The molecule has 1 amide bonds. The van der Waals surface area contributed by atoms with E-state index in [0.29, 0.717) is 29.7 Å². The second-order valence-electron chi connectivity index (χ2n) is 6.34. The topological polar surface area (TPSA) is 76.6 Å². The number of hydrogen-bond acceptors (Lipinski definition) is 6. The van der Waals surface area contributed by atoms with Gasteiger partial charge in [0.15, 0.2) is 11.5 Å². The molecule has 146 valence electrons. The molecule has 2 aromatic rings. The van der Waals surface area contributed by atoms with Crippen molar-refractivity contribution in [2.45, 2.75) is 33.2 Å². The van der Waals surface area contributed by atoms with Gasteiger partial charge < -0.3 is 19.7 Å². The van der Waals surface area contributed by atoms with Crippen LogP contribution >= 0.6 is 0 Å². The Morgan fingerprint density at radius 3 is 2.56 bits per heavy atom. The van der Waals surface area contributed by atoms with Gasteiger partial charge in [0, 0.05) is 25.8 Å². The number of hydrogen-bond donors (Lipinski definition) is 1. The largest absolute Gasteiger partial charge is 0.493 e. The van der Waals surface area contributed by atoms with Crippen LogP contribution in [0.3, 0.4) is 0 Å². The first-order valence-electron chi connectivity index (χ1n) is 9.04. The van der Waals surface area contributed by atoms with Crippen molar-refractivity contribution < 1.29 is 14.3 Å². The molecule has 27 heavy (non-hydrogen) atoms. The third-order valence-electron chi connectivity index (χ3n) is 4.16. The minimum atomic E-state index is -0.236. The van der Waals surface area contributed by atoms with E-state index in [1.54, 1.807) is 20.3 Å². The molecule has 1 aromatic heterocycles. The zero-order valence-corrected chi connectivity index (χ0v) is 16.7. The predicted octanol–water partition coefficient (Wildman–Crippen LogP) is 2.97. The van der Waals surface area contributed by atoms with Gasteiger partial charge in [-0.2, -0.15) is 0 Å². The highest BCUT2D eigenvalue weighted by Crippen LogP contribution is 2.27. The molecule has 0 aliphatic heterocycles. The second-order valence-corrected chi connectivity index (χ2v) is 6.34. The monoisotopic (exact) mass is 372 g/mol. The first-order valence-corrected chi connectivity index (χ1v) is 9.04. The van der Waals surface area contributed by atoms with Crippen LogP contribution in [0.25, 0.3) is 0 Å². The molecule has 7 nitrogen and oxygen atoms in total. The molecule has 1 aromatic carbocycles. The molecule has 0 aliphatic rings. The molecule has 0 aliphatic carbocycles. The molecule has 0 saturated heterocycles. The number of carbonyl (C=O) groups excluding carboxylic acids is 1. The van der Waals surface area contributed by atoms with Crippen LogP contribution < -0.4 is 19.7 Å². The van der Waals surface area contributed by atoms with Crippen LogP contribution in [-0.2, 0) is 6.54 Å². The number of rotatable bonds is 9. The van der Waals surface area contributed by atoms with Crippen molar-refractivity contribution >= 4 is 11.9 Å². The molecule has 0 saturated carbocycles. The van der Waals surface area contributed by atoms with Crippen molar-refractivity contribution in [2.24, 2.45) is 0 Å². The fourth-order valence-corrected chi connectivity index (χ4v) is 2.60. The number of aryl methyl sites for hydroxylation is 1. The Labute approximate surface area is 160 Å². The molecule has 0 atom stereocenters. The van der Waals surface area contributed by atoms with E-state index in [4.69, 9.17) is 9.47 Å². The van der Waals surface area contributed by atoms with Crippen LogP contribution in [-0.4, -0.2) is 43.7 Å². The molecule has 0 unspecified atom stereocenters. The molecule has 0 radical (unpaired) electrons. The summed E-state index contributed by atoms with van der Waals surface area (Å²) in [5.41, 5.74) is 2.04. The Morgan fingerprint density at radius 1 is 1.15 bits per heavy atom. The number of amides is 1. The van der Waals surface area contributed by atoms with Crippen LogP contribution in [0.1, 0.15) is 41.5 Å². The summed E-state index contributed by atoms with van der Waals surface area (Å²) in [5, 5.41) is 2.90. The molecule has 1 N–H and O–H groups in total. The van der Waals surface area contributed by atoms with E-state index in [1.165, 1.54) is 0 Å². The number of unbranched alkanes of at least 4 members (excludes halogenated alkanes) is 1. The first kappa shape index (κ1) is 20.5. The Balaban J connectivity index is 2.08. The van der Waals surface area contributed by atoms with Gasteiger partial charge >= 0.3 is 0 Å². The van der Waals surface area contributed by atoms with E-state index in [1.807, 2.05) is 37.1 Å². The number of nitrogens with one attached hydrogen (secondary N) is 1. The molecule has 0 spiro atoms. The van der Waals surface area contributed by atoms with Crippen molar-refractivity contribution in [3.63, 3.8) is 0 Å². The number of anilines is 1. The molecular formula is C20H28N4O3. The van der Waals surface area contributed by atoms with Gasteiger partial charge in [-0.25, -0.2) is 9.97 Å². The quantitative estimate of drug-likeness (QED) is 0.729. The van der Waals surface area contributed by atoms with Crippen LogP contribution in [0, 0.1) is 6.92 Å². The lowest BCUT2D eigenvalue weighted by molar-refractivity contribution is 0.0945. The summed E-state index contributed by atoms with van der Waals surface area (Å²) in [5.74, 6) is 1.61. The minimum absolute atomic E-state index is 0.236. The Kier molecular flexibility index (Phi) is 7.40. The number of aromatic nitrogens is 2. The van der Waals surface area contributed by atoms with E-state index in [9.17, 15) is 4.79 Å². The van der Waals surface area contributed by atoms with Crippen molar-refractivity contribution in [3.8, 4) is 11.5 Å². The van der Waals surface area contributed by atoms with E-state index in [0.717, 1.165) is 30.6 Å². The lowest BCUT2D eigenvalue weighted by Crippen LogP contribution is -2.27. The van der Waals surface area contributed by atoms with Gasteiger partial charge in [-0.3, -0.25) is 4.79 Å². The highest BCUT2D eigenvalue weighted by Gasteiger charge is 2.13. The van der Waals surface area contributed by atoms with Gasteiger partial charge in [-0.1, -0.05) is 19.4 Å². The Morgan fingerprint density at radius 2 is 1.89 bits per heavy atom. The summed E-state index contributed by atoms with van der Waals surface area (Å²) in [6, 6.07) is 7.24. The van der Waals surface area contributed by atoms with E-state index in [2.05, 4.69) is 22.2 Å². The molecule has 7 heteroatoms. The third-order valence-corrected chi connectivity index (χ3v) is 4.16. The highest BCUT2D eigenvalue weighted by molar-refractivity contribution is 5.92. The van der Waals surface area contributed by atoms with E-state index in [-0.39, 0.29) is 5.91 Å². The fourth-order valence-electron chi connectivity index (χ4n) is 2.60. The number of methoxy groups -OCH3 is 2. The smallest absolute Gasteiger partial charge is 0.270 e. The lowest BCUT2D eigenvalue weighted by Gasteiger charge is -2.17. The van der Waals surface area contributed by atoms with Crippen LogP contribution in [0.15, 0.2) is 24.3 Å². The predicted molar refractivity (Wildman–Crippen MR) is 106 cm³/mol. The Bertz CT molecular complexity index is 780. The molecule has 2 rings (SSSR count). The van der Waals surface area contributed by atoms with Gasteiger partial charge in [-0.15, -0.1) is 0 Å². The summed E-state index contributed by atoms with van der Waals surface area (Å²) in [7, 11) is 5.11. The zero-order valence-electron chi connectivity index (χ0n) is 16.7. The molecular weight excluding hydrogens is 344 g/mol. The van der Waals surface area contributed by atoms with Gasteiger partial charge in [0.2, 0.25) is 5.95 Å². The Hall–Kier alpha value is -2.83. The maximum Gasteiger partial charge on any atom is 0.270 e. The van der Waals surface area contributed by atoms with Gasteiger partial charge in [0.1, 0.15) is 5.69 Å². The summed E-state index contributed by atoms with van der Waals surface area (Å²) >= 11 is 0. The zero-order chi connectivity index (χ0) is 19.8. The maximum atomic E-state index is 12.6. The van der Waals surface area contributed by atoms with Crippen molar-refractivity contribution in [3.05, 3.63) is 41.2 Å². The van der Waals surface area contributed by atoms with Crippen LogP contribution in [0.5, 0.6) is 11.5 Å². The summed E-state index contributed by atoms with van der Waals surface area (Å²) in [6.45, 7) is 5.22. The minimum Gasteiger partial charge on any atom is -0.493 e. The highest BCUT2D eigenvalue weighted by atomic mass is 16.5. The molecule has 0 bridgehead atoms. The van der Waals surface area contributed by atoms with Crippen LogP contribution in [0.2, 0.25) is 0 Å². The van der Waals surface area contributed by atoms with Gasteiger partial charge in [0.25, 0.3) is 5.91 Å². The average Bonchev–Trinajstić information content (AvgIpc) is 2.69. The molecule has 0 fully saturated rings. The number of ether oxygens (including phenoxy) is 2. The van der Waals surface area contributed by atoms with Gasteiger partial charge in [0.05, 0.1) is 14.2 Å². The van der Waals surface area contributed by atoms with Crippen molar-refractivity contribution in [1.82, 2.24) is 15.3 Å². The SMILES string of the molecule is CCCCN(C)c1nc(C)cc(C(=O)NCc2ccc(OC)c(OC)c2)n1. The number of nitrogens with zero attached hydrogens (tertiary/aromatic N) is 3. The number of benzene rings is 1. The first-order chi connectivity index (χ1) is 13.0. The standard InChI is InChI=1S/C20H28N4O3/c1-6-7-10-24(3)20-22-14(2)11-16(23-20)19(25)21-13-15-8-9-17(26-4)18(12-15)27-5/h8-9,11-12H,6-7,10,13H2,1-5H3,(H,21,25). The van der Waals surface area contributed by atoms with Crippen molar-refractivity contribution in [1.29, 1.82) is 0 Å². The number of carbonyl (C=O) groups is 1. The van der Waals surface area contributed by atoms with Gasteiger partial charge in [-0.05, 0) is 37.1 Å². The van der Waals surface area contributed by atoms with Crippen molar-refractivity contribution in [2.75, 3.05) is 32.7 Å². The second kappa shape index (κ2) is 9.75. The normalized spacial score (nSPS) is 10.4. The summed E-state index contributed by atoms with van der Waals surface area (Å²) in [4.78, 5) is 23.4. The lowest BCUT2D eigenvalue weighted by atomic mass is 10.2. The van der Waals surface area contributed by atoms with E-state index < -0.39 is 0 Å². The maximum absolute atomic E-state index is 12.6. The molecule has 1 heterocycles. The fraction of sp³-hybridized carbons (Fsp3) is 0.450. The summed E-state index contributed by atoms with van der Waals surface area (Å²) < 4.78 is 10.5. The average molecular weight is 372 g/mol. The van der Waals surface area contributed by atoms with Crippen LogP contribution in [0.4, 0.5) is 5.95 Å². The van der Waals surface area contributed by atoms with E-state index >= 15 is 0 Å². The third kappa shape index (κ3) is 5.57. The summed E-state index contributed by atoms with van der Waals surface area (Å²) in [6.07, 6.45) is 2.14.